The molecule has 2 atom stereocenters. The summed E-state index contributed by atoms with van der Waals surface area (Å²) < 4.78 is 0. The highest BCUT2D eigenvalue weighted by Crippen LogP contribution is 2.36. The van der Waals surface area contributed by atoms with Gasteiger partial charge in [0.25, 0.3) is 5.91 Å². The van der Waals surface area contributed by atoms with E-state index in [9.17, 15) is 4.79 Å². The Morgan fingerprint density at radius 3 is 2.64 bits per heavy atom. The lowest BCUT2D eigenvalue weighted by Gasteiger charge is -2.17. The number of carbonyl (C=O) groups is 1. The molecule has 4 rings (SSSR count). The van der Waals surface area contributed by atoms with Crippen LogP contribution in [-0.2, 0) is 6.54 Å². The number of hydrogen-bond acceptors (Lipinski definition) is 2. The van der Waals surface area contributed by atoms with Crippen LogP contribution in [0.4, 0.5) is 0 Å². The van der Waals surface area contributed by atoms with Gasteiger partial charge in [-0.25, -0.2) is 0 Å². The third kappa shape index (κ3) is 2.42. The molecule has 0 radical (unpaired) electrons. The molecule has 0 aliphatic carbocycles. The summed E-state index contributed by atoms with van der Waals surface area (Å²) in [7, 11) is 0. The number of amides is 1. The first-order valence-corrected chi connectivity index (χ1v) is 7.94. The number of fused-ring (bicyclic) bond motifs is 3. The molecule has 1 N–H and O–H groups in total. The number of carbonyl (C=O) groups excluding carboxylic acids is 1. The standard InChI is InChI=1S/C19H20N2O/c22-19-17-9-5-4-8-16(17)18-13-21(12-15(18)10-20-19)11-14-6-2-1-3-7-14/h1-9,15,18H,10-13H2,(H,20,22)/t15-,18-/m1/s1. The first kappa shape index (κ1) is 13.5. The second-order valence-corrected chi connectivity index (χ2v) is 6.34. The molecule has 0 spiro atoms. The Balaban J connectivity index is 1.58. The van der Waals surface area contributed by atoms with Crippen molar-refractivity contribution in [3.63, 3.8) is 0 Å². The van der Waals surface area contributed by atoms with E-state index in [1.165, 1.54) is 11.1 Å². The molecule has 3 heteroatoms. The molecule has 0 bridgehead atoms. The van der Waals surface area contributed by atoms with Crippen molar-refractivity contribution in [3.05, 3.63) is 71.3 Å². The number of hydrogen-bond donors (Lipinski definition) is 1. The van der Waals surface area contributed by atoms with Crippen LogP contribution >= 0.6 is 0 Å². The molecule has 0 unspecified atom stereocenters. The molecule has 3 nitrogen and oxygen atoms in total. The molecule has 22 heavy (non-hydrogen) atoms. The molecule has 2 aromatic carbocycles. The van der Waals surface area contributed by atoms with Crippen LogP contribution in [-0.4, -0.2) is 30.4 Å². The summed E-state index contributed by atoms with van der Waals surface area (Å²) in [6, 6.07) is 18.7. The van der Waals surface area contributed by atoms with E-state index in [1.807, 2.05) is 18.2 Å². The molecule has 2 heterocycles. The molecule has 2 aromatic rings. The maximum Gasteiger partial charge on any atom is 0.251 e. The highest BCUT2D eigenvalue weighted by atomic mass is 16.1. The van der Waals surface area contributed by atoms with Crippen molar-refractivity contribution in [3.8, 4) is 0 Å². The molecular weight excluding hydrogens is 272 g/mol. The van der Waals surface area contributed by atoms with E-state index in [0.29, 0.717) is 11.8 Å². The molecule has 1 amide bonds. The molecule has 0 saturated carbocycles. The zero-order valence-corrected chi connectivity index (χ0v) is 12.5. The smallest absolute Gasteiger partial charge is 0.251 e. The number of nitrogens with zero attached hydrogens (tertiary/aromatic N) is 1. The Morgan fingerprint density at radius 2 is 1.77 bits per heavy atom. The van der Waals surface area contributed by atoms with E-state index in [1.54, 1.807) is 0 Å². The second-order valence-electron chi connectivity index (χ2n) is 6.34. The summed E-state index contributed by atoms with van der Waals surface area (Å²) in [4.78, 5) is 14.7. The van der Waals surface area contributed by atoms with Gasteiger partial charge in [-0.3, -0.25) is 9.69 Å². The Hall–Kier alpha value is -2.13. The molecule has 2 aliphatic rings. The van der Waals surface area contributed by atoms with Crippen LogP contribution in [0.1, 0.15) is 27.4 Å². The largest absolute Gasteiger partial charge is 0.352 e. The summed E-state index contributed by atoms with van der Waals surface area (Å²) in [6.45, 7) is 3.85. The summed E-state index contributed by atoms with van der Waals surface area (Å²) in [5.74, 6) is 1.05. The van der Waals surface area contributed by atoms with Crippen LogP contribution in [0, 0.1) is 5.92 Å². The van der Waals surface area contributed by atoms with Gasteiger partial charge in [-0.1, -0.05) is 48.5 Å². The number of likely N-dealkylation sites (tertiary alicyclic amines) is 1. The summed E-state index contributed by atoms with van der Waals surface area (Å²) >= 11 is 0. The Morgan fingerprint density at radius 1 is 1.00 bits per heavy atom. The minimum Gasteiger partial charge on any atom is -0.352 e. The van der Waals surface area contributed by atoms with Gasteiger partial charge in [-0.05, 0) is 23.1 Å². The van der Waals surface area contributed by atoms with Crippen LogP contribution in [0.15, 0.2) is 54.6 Å². The Labute approximate surface area is 131 Å². The fraction of sp³-hybridized carbons (Fsp3) is 0.316. The summed E-state index contributed by atoms with van der Waals surface area (Å²) in [6.07, 6.45) is 0. The van der Waals surface area contributed by atoms with Gasteiger partial charge in [0.05, 0.1) is 0 Å². The van der Waals surface area contributed by atoms with E-state index in [2.05, 4.69) is 46.6 Å². The van der Waals surface area contributed by atoms with E-state index in [-0.39, 0.29) is 5.91 Å². The van der Waals surface area contributed by atoms with Gasteiger partial charge in [0.15, 0.2) is 0 Å². The molecule has 0 aromatic heterocycles. The minimum absolute atomic E-state index is 0.0830. The second kappa shape index (κ2) is 5.58. The predicted octanol–water partition coefficient (Wildman–Crippen LogP) is 2.65. The van der Waals surface area contributed by atoms with Crippen molar-refractivity contribution >= 4 is 5.91 Å². The number of nitrogens with one attached hydrogen (secondary N) is 1. The fourth-order valence-electron chi connectivity index (χ4n) is 3.84. The van der Waals surface area contributed by atoms with Crippen molar-refractivity contribution < 1.29 is 4.79 Å². The molecular formula is C19H20N2O. The topological polar surface area (TPSA) is 32.3 Å². The molecule has 112 valence electrons. The number of rotatable bonds is 2. The van der Waals surface area contributed by atoms with Crippen LogP contribution < -0.4 is 5.32 Å². The van der Waals surface area contributed by atoms with Crippen LogP contribution in [0.3, 0.4) is 0 Å². The Kier molecular flexibility index (Phi) is 3.43. The average molecular weight is 292 g/mol. The summed E-state index contributed by atoms with van der Waals surface area (Å²) in [5, 5.41) is 3.09. The first-order chi connectivity index (χ1) is 10.8. The van der Waals surface area contributed by atoms with Gasteiger partial charge in [0.1, 0.15) is 0 Å². The lowest BCUT2D eigenvalue weighted by atomic mass is 9.87. The van der Waals surface area contributed by atoms with Crippen molar-refractivity contribution in [1.82, 2.24) is 10.2 Å². The van der Waals surface area contributed by atoms with E-state index in [0.717, 1.165) is 31.7 Å². The van der Waals surface area contributed by atoms with Gasteiger partial charge in [-0.15, -0.1) is 0 Å². The van der Waals surface area contributed by atoms with Gasteiger partial charge < -0.3 is 5.32 Å². The van der Waals surface area contributed by atoms with Crippen LogP contribution in [0.5, 0.6) is 0 Å². The lowest BCUT2D eigenvalue weighted by Crippen LogP contribution is -2.29. The van der Waals surface area contributed by atoms with E-state index in [4.69, 9.17) is 0 Å². The summed E-state index contributed by atoms with van der Waals surface area (Å²) in [5.41, 5.74) is 3.44. The van der Waals surface area contributed by atoms with Gasteiger partial charge in [-0.2, -0.15) is 0 Å². The lowest BCUT2D eigenvalue weighted by molar-refractivity contribution is 0.0951. The third-order valence-electron chi connectivity index (χ3n) is 4.90. The maximum absolute atomic E-state index is 12.2. The monoisotopic (exact) mass is 292 g/mol. The predicted molar refractivity (Wildman–Crippen MR) is 86.7 cm³/mol. The molecule has 1 saturated heterocycles. The van der Waals surface area contributed by atoms with Crippen LogP contribution in [0.2, 0.25) is 0 Å². The third-order valence-corrected chi connectivity index (χ3v) is 4.90. The van der Waals surface area contributed by atoms with E-state index < -0.39 is 0 Å². The van der Waals surface area contributed by atoms with Gasteiger partial charge in [0.2, 0.25) is 0 Å². The van der Waals surface area contributed by atoms with Gasteiger partial charge >= 0.3 is 0 Å². The zero-order chi connectivity index (χ0) is 14.9. The average Bonchev–Trinajstić information content (AvgIpc) is 2.91. The maximum atomic E-state index is 12.2. The normalized spacial score (nSPS) is 24.3. The van der Waals surface area contributed by atoms with E-state index >= 15 is 0 Å². The van der Waals surface area contributed by atoms with Crippen molar-refractivity contribution in [2.45, 2.75) is 12.5 Å². The zero-order valence-electron chi connectivity index (χ0n) is 12.5. The Bertz CT molecular complexity index is 683. The highest BCUT2D eigenvalue weighted by molar-refractivity contribution is 5.96. The highest BCUT2D eigenvalue weighted by Gasteiger charge is 2.37. The van der Waals surface area contributed by atoms with Gasteiger partial charge in [0, 0.05) is 37.7 Å². The SMILES string of the molecule is O=C1NC[C@@H]2CN(Cc3ccccc3)C[C@H]2c2ccccc21. The van der Waals surface area contributed by atoms with Crippen LogP contribution in [0.25, 0.3) is 0 Å². The van der Waals surface area contributed by atoms with Crippen molar-refractivity contribution in [2.24, 2.45) is 5.92 Å². The first-order valence-electron chi connectivity index (χ1n) is 7.94. The van der Waals surface area contributed by atoms with Crippen molar-refractivity contribution in [1.29, 1.82) is 0 Å². The fourth-order valence-corrected chi connectivity index (χ4v) is 3.84. The molecule has 1 fully saturated rings. The minimum atomic E-state index is 0.0830. The quantitative estimate of drug-likeness (QED) is 0.923. The molecule has 2 aliphatic heterocycles. The number of benzene rings is 2. The van der Waals surface area contributed by atoms with Crippen molar-refractivity contribution in [2.75, 3.05) is 19.6 Å².